The van der Waals surface area contributed by atoms with Crippen molar-refractivity contribution in [1.82, 2.24) is 0 Å². The van der Waals surface area contributed by atoms with Crippen LogP contribution in [0.25, 0.3) is 0 Å². The smallest absolute Gasteiger partial charge is 0.306 e. The molecule has 0 saturated heterocycles. The monoisotopic (exact) mass is 1220 g/mol. The number of rotatable bonds is 73. The molecule has 0 aromatic heterocycles. The van der Waals surface area contributed by atoms with Gasteiger partial charge in [-0.1, -0.05) is 366 Å². The summed E-state index contributed by atoms with van der Waals surface area (Å²) in [6.07, 6.45) is 81.9. The number of quaternary nitrogens is 1. The van der Waals surface area contributed by atoms with Crippen LogP contribution in [-0.4, -0.2) is 82.3 Å². The van der Waals surface area contributed by atoms with Gasteiger partial charge in [-0.15, -0.1) is 0 Å². The van der Waals surface area contributed by atoms with Crippen molar-refractivity contribution in [3.8, 4) is 0 Å². The molecule has 510 valence electrons. The third-order valence-corrected chi connectivity index (χ3v) is 17.8. The molecule has 0 aromatic rings. The van der Waals surface area contributed by atoms with Gasteiger partial charge in [0, 0.05) is 12.8 Å². The van der Waals surface area contributed by atoms with E-state index >= 15 is 0 Å². The van der Waals surface area contributed by atoms with E-state index in [-0.39, 0.29) is 32.2 Å². The van der Waals surface area contributed by atoms with Crippen molar-refractivity contribution < 1.29 is 42.9 Å². The zero-order valence-corrected chi connectivity index (χ0v) is 58.5. The van der Waals surface area contributed by atoms with Crippen LogP contribution in [0.2, 0.25) is 0 Å². The lowest BCUT2D eigenvalue weighted by atomic mass is 10.0. The van der Waals surface area contributed by atoms with Crippen molar-refractivity contribution in [1.29, 1.82) is 0 Å². The van der Waals surface area contributed by atoms with Crippen LogP contribution in [0.5, 0.6) is 0 Å². The molecule has 2 atom stereocenters. The number of nitrogens with zero attached hydrogens (tertiary/aromatic N) is 1. The molecule has 9 nitrogen and oxygen atoms in total. The molecule has 0 aromatic carbocycles. The highest BCUT2D eigenvalue weighted by atomic mass is 16.7. The Bertz CT molecular complexity index is 1410. The van der Waals surface area contributed by atoms with Crippen LogP contribution in [0, 0.1) is 0 Å². The molecule has 0 rings (SSSR count). The van der Waals surface area contributed by atoms with Crippen LogP contribution in [0.1, 0.15) is 406 Å². The Morgan fingerprint density at radius 2 is 0.593 bits per heavy atom. The van der Waals surface area contributed by atoms with Crippen LogP contribution < -0.4 is 5.11 Å². The molecule has 0 aliphatic heterocycles. The first-order chi connectivity index (χ1) is 42.1. The van der Waals surface area contributed by atoms with Crippen LogP contribution in [-0.2, 0) is 33.3 Å². The largest absolute Gasteiger partial charge is 0.545 e. The molecule has 0 fully saturated rings. The molecular formula is C77H149NO8. The van der Waals surface area contributed by atoms with Gasteiger partial charge in [0.2, 0.25) is 0 Å². The van der Waals surface area contributed by atoms with Crippen molar-refractivity contribution in [2.24, 2.45) is 0 Å². The summed E-state index contributed by atoms with van der Waals surface area (Å²) in [6.45, 7) is 4.84. The molecule has 0 bridgehead atoms. The molecule has 0 spiro atoms. The molecule has 0 aliphatic rings. The van der Waals surface area contributed by atoms with Crippen molar-refractivity contribution in [3.05, 3.63) is 12.2 Å². The second kappa shape index (κ2) is 68.9. The molecular weight excluding hydrogens is 1070 g/mol. The van der Waals surface area contributed by atoms with Crippen molar-refractivity contribution in [3.63, 3.8) is 0 Å². The zero-order chi connectivity index (χ0) is 62.6. The van der Waals surface area contributed by atoms with Crippen LogP contribution in [0.3, 0.4) is 0 Å². The Hall–Kier alpha value is -1.97. The van der Waals surface area contributed by atoms with E-state index in [9.17, 15) is 19.5 Å². The highest BCUT2D eigenvalue weighted by Crippen LogP contribution is 2.20. The second-order valence-corrected chi connectivity index (χ2v) is 27.7. The van der Waals surface area contributed by atoms with Crippen LogP contribution in [0.15, 0.2) is 12.2 Å². The number of carboxylic acid groups (broad SMARTS) is 1. The maximum absolute atomic E-state index is 12.9. The number of carbonyl (C=O) groups excluding carboxylic acids is 3. The van der Waals surface area contributed by atoms with E-state index in [0.29, 0.717) is 17.4 Å². The number of ether oxygens (including phenoxy) is 4. The highest BCUT2D eigenvalue weighted by molar-refractivity contribution is 5.70. The first-order valence-electron chi connectivity index (χ1n) is 38.3. The minimum Gasteiger partial charge on any atom is -0.545 e. The number of carboxylic acids is 1. The quantitative estimate of drug-likeness (QED) is 0.0195. The molecule has 0 radical (unpaired) electrons. The summed E-state index contributed by atoms with van der Waals surface area (Å²) < 4.78 is 22.9. The molecule has 0 saturated carbocycles. The molecule has 0 amide bonds. The summed E-state index contributed by atoms with van der Waals surface area (Å²) in [5.41, 5.74) is 0. The Labute approximate surface area is 535 Å². The Balaban J connectivity index is 3.96. The maximum Gasteiger partial charge on any atom is 0.306 e. The SMILES string of the molecule is CCCCCCCCCC/C=C\CCCCCCCCCCCCCCCC(=O)OC(COC(=O)CCCCCCCCCCCCCCCCCCCCCCCCCCCCCCCCCCCCCC)COC(OCC[N+](C)(C)C)C(=O)[O-]. The summed E-state index contributed by atoms with van der Waals surface area (Å²) in [4.78, 5) is 37.5. The number of likely N-dealkylation sites (N-methyl/N-ethyl adjacent to an activating group) is 1. The normalized spacial score (nSPS) is 12.6. The van der Waals surface area contributed by atoms with E-state index in [2.05, 4.69) is 26.0 Å². The van der Waals surface area contributed by atoms with E-state index in [4.69, 9.17) is 18.9 Å². The van der Waals surface area contributed by atoms with Gasteiger partial charge in [-0.2, -0.15) is 0 Å². The lowest BCUT2D eigenvalue weighted by Gasteiger charge is -2.26. The molecule has 0 N–H and O–H groups in total. The fourth-order valence-electron chi connectivity index (χ4n) is 11.9. The van der Waals surface area contributed by atoms with Gasteiger partial charge < -0.3 is 33.3 Å². The van der Waals surface area contributed by atoms with Gasteiger partial charge in [-0.3, -0.25) is 9.59 Å². The van der Waals surface area contributed by atoms with E-state index in [0.717, 1.165) is 38.5 Å². The molecule has 0 aliphatic carbocycles. The summed E-state index contributed by atoms with van der Waals surface area (Å²) >= 11 is 0. The zero-order valence-electron chi connectivity index (χ0n) is 58.5. The summed E-state index contributed by atoms with van der Waals surface area (Å²) in [6, 6.07) is 0. The molecule has 0 heterocycles. The number of carbonyl (C=O) groups is 3. The van der Waals surface area contributed by atoms with E-state index in [1.807, 2.05) is 21.1 Å². The van der Waals surface area contributed by atoms with Gasteiger partial charge in [0.05, 0.1) is 40.3 Å². The average Bonchev–Trinajstić information content (AvgIpc) is 3.63. The van der Waals surface area contributed by atoms with Crippen LogP contribution >= 0.6 is 0 Å². The molecule has 86 heavy (non-hydrogen) atoms. The number of aliphatic carboxylic acids is 1. The van der Waals surface area contributed by atoms with Gasteiger partial charge in [0.25, 0.3) is 0 Å². The van der Waals surface area contributed by atoms with Gasteiger partial charge >= 0.3 is 11.9 Å². The van der Waals surface area contributed by atoms with Crippen molar-refractivity contribution in [2.45, 2.75) is 418 Å². The predicted octanol–water partition coefficient (Wildman–Crippen LogP) is 22.6. The lowest BCUT2D eigenvalue weighted by molar-refractivity contribution is -0.870. The molecule has 9 heteroatoms. The number of hydrogen-bond acceptors (Lipinski definition) is 8. The predicted molar refractivity (Wildman–Crippen MR) is 367 cm³/mol. The topological polar surface area (TPSA) is 111 Å². The van der Waals surface area contributed by atoms with Crippen molar-refractivity contribution >= 4 is 17.9 Å². The number of unbranched alkanes of at least 4 members (excludes halogenated alkanes) is 56. The number of allylic oxidation sites excluding steroid dienone is 2. The Morgan fingerprint density at radius 3 is 0.860 bits per heavy atom. The fourth-order valence-corrected chi connectivity index (χ4v) is 11.9. The van der Waals surface area contributed by atoms with Gasteiger partial charge in [-0.25, -0.2) is 0 Å². The highest BCUT2D eigenvalue weighted by Gasteiger charge is 2.22. The first-order valence-corrected chi connectivity index (χ1v) is 38.3. The summed E-state index contributed by atoms with van der Waals surface area (Å²) in [5, 5.41) is 11.8. The fraction of sp³-hybridized carbons (Fsp3) is 0.935. The minimum atomic E-state index is -1.62. The van der Waals surface area contributed by atoms with Crippen LogP contribution in [0.4, 0.5) is 0 Å². The minimum absolute atomic E-state index is 0.152. The van der Waals surface area contributed by atoms with E-state index in [1.165, 1.54) is 340 Å². The second-order valence-electron chi connectivity index (χ2n) is 27.7. The third kappa shape index (κ3) is 69.5. The maximum atomic E-state index is 12.9. The lowest BCUT2D eigenvalue weighted by Crippen LogP contribution is -2.44. The van der Waals surface area contributed by atoms with Crippen molar-refractivity contribution in [2.75, 3.05) is 47.5 Å². The van der Waals surface area contributed by atoms with E-state index < -0.39 is 24.3 Å². The van der Waals surface area contributed by atoms with Gasteiger partial charge in [0.1, 0.15) is 13.2 Å². The first kappa shape index (κ1) is 84.0. The number of hydrogen-bond donors (Lipinski definition) is 0. The van der Waals surface area contributed by atoms with E-state index in [1.54, 1.807) is 0 Å². The summed E-state index contributed by atoms with van der Waals surface area (Å²) in [5.74, 6) is -2.25. The third-order valence-electron chi connectivity index (χ3n) is 17.8. The Morgan fingerprint density at radius 1 is 0.337 bits per heavy atom. The van der Waals surface area contributed by atoms with Gasteiger partial charge in [0.15, 0.2) is 12.4 Å². The van der Waals surface area contributed by atoms with Gasteiger partial charge in [-0.05, 0) is 38.5 Å². The number of esters is 2. The average molecular weight is 1220 g/mol. The summed E-state index contributed by atoms with van der Waals surface area (Å²) in [7, 11) is 5.95. The molecule has 2 unspecified atom stereocenters. The Kier molecular flexibility index (Phi) is 67.4. The standard InChI is InChI=1S/C77H149NO8/c1-6-8-10-12-14-16-18-20-22-24-26-28-30-32-33-34-35-36-37-38-39-40-41-42-44-45-47-49-51-53-55-57-59-61-63-65-67-74(79)84-71-73(72-85-77(76(81)82)83-70-69-78(3,4)5)86-75(80)68-66-64-62-60-58-56-54-52-50-48-46-43-31-29-27-25-23-21-19-17-15-13-11-9-7-2/h25,27,73,77H,6-24,26,28-72H2,1-5H3/b27-25-.